The van der Waals surface area contributed by atoms with E-state index >= 15 is 0 Å². The molecule has 150 valence electrons. The summed E-state index contributed by atoms with van der Waals surface area (Å²) in [5.41, 5.74) is 0. The van der Waals surface area contributed by atoms with Crippen molar-refractivity contribution in [3.8, 4) is 0 Å². The van der Waals surface area contributed by atoms with Crippen LogP contribution in [0.15, 0.2) is 0 Å². The van der Waals surface area contributed by atoms with Crippen molar-refractivity contribution in [2.45, 2.75) is 63.8 Å². The molecule has 2 aliphatic heterocycles. The lowest BCUT2D eigenvalue weighted by Crippen LogP contribution is -2.49. The molecule has 0 aromatic carbocycles. The van der Waals surface area contributed by atoms with Crippen molar-refractivity contribution >= 4 is 15.9 Å². The van der Waals surface area contributed by atoms with Crippen LogP contribution in [0.25, 0.3) is 0 Å². The number of hydrogen-bond donors (Lipinski definition) is 1. The minimum absolute atomic E-state index is 0.0340. The van der Waals surface area contributed by atoms with Gasteiger partial charge in [-0.1, -0.05) is 19.3 Å². The first-order valence-electron chi connectivity index (χ1n) is 10.4. The number of sulfonamides is 1. The van der Waals surface area contributed by atoms with E-state index in [0.29, 0.717) is 25.9 Å². The van der Waals surface area contributed by atoms with E-state index in [4.69, 9.17) is 0 Å². The van der Waals surface area contributed by atoms with Crippen LogP contribution in [0.4, 0.5) is 0 Å². The highest BCUT2D eigenvalue weighted by Crippen LogP contribution is 2.26. The number of hydrogen-bond acceptors (Lipinski definition) is 4. The average molecular weight is 386 g/mol. The highest BCUT2D eigenvalue weighted by molar-refractivity contribution is 7.88. The monoisotopic (exact) mass is 385 g/mol. The predicted molar refractivity (Wildman–Crippen MR) is 103 cm³/mol. The Morgan fingerprint density at radius 3 is 2.12 bits per heavy atom. The van der Waals surface area contributed by atoms with Crippen LogP contribution >= 0.6 is 0 Å². The molecule has 0 radical (unpaired) electrons. The van der Waals surface area contributed by atoms with E-state index in [1.165, 1.54) is 49.2 Å². The lowest BCUT2D eigenvalue weighted by molar-refractivity contribution is -0.127. The molecule has 1 aliphatic carbocycles. The number of piperidine rings is 2. The maximum atomic E-state index is 12.5. The van der Waals surface area contributed by atoms with Gasteiger partial charge in [0.1, 0.15) is 0 Å². The summed E-state index contributed by atoms with van der Waals surface area (Å²) in [4.78, 5) is 15.1. The van der Waals surface area contributed by atoms with E-state index in [1.54, 1.807) is 0 Å². The predicted octanol–water partition coefficient (Wildman–Crippen LogP) is 1.82. The molecule has 2 heterocycles. The molecule has 0 aromatic heterocycles. The van der Waals surface area contributed by atoms with Gasteiger partial charge in [-0.25, -0.2) is 12.7 Å². The van der Waals surface area contributed by atoms with E-state index in [9.17, 15) is 13.2 Å². The Hall–Kier alpha value is -0.660. The zero-order valence-corrected chi connectivity index (χ0v) is 17.0. The van der Waals surface area contributed by atoms with Gasteiger partial charge in [-0.05, 0) is 44.4 Å². The van der Waals surface area contributed by atoms with Crippen molar-refractivity contribution in [1.29, 1.82) is 0 Å². The highest BCUT2D eigenvalue weighted by Gasteiger charge is 2.31. The summed E-state index contributed by atoms with van der Waals surface area (Å²) in [6.45, 7) is 4.36. The second-order valence-electron chi connectivity index (χ2n) is 8.52. The average Bonchev–Trinajstić information content (AvgIpc) is 2.63. The minimum Gasteiger partial charge on any atom is -0.353 e. The van der Waals surface area contributed by atoms with Gasteiger partial charge in [0.15, 0.2) is 0 Å². The smallest absolute Gasteiger partial charge is 0.223 e. The Bertz CT molecular complexity index is 559. The molecule has 2 saturated heterocycles. The van der Waals surface area contributed by atoms with Crippen LogP contribution in [0.1, 0.15) is 57.8 Å². The van der Waals surface area contributed by atoms with Crippen molar-refractivity contribution in [1.82, 2.24) is 14.5 Å². The van der Waals surface area contributed by atoms with Crippen molar-refractivity contribution in [3.63, 3.8) is 0 Å². The van der Waals surface area contributed by atoms with Crippen LogP contribution in [0.2, 0.25) is 0 Å². The Kier molecular flexibility index (Phi) is 6.97. The summed E-state index contributed by atoms with van der Waals surface area (Å²) in [6.07, 6.45) is 11.6. The number of amides is 1. The molecule has 1 amide bonds. The maximum absolute atomic E-state index is 12.5. The lowest BCUT2D eigenvalue weighted by atomic mass is 9.88. The third kappa shape index (κ3) is 5.67. The molecule has 0 unspecified atom stereocenters. The number of carbonyl (C=O) groups is 1. The molecule has 1 N–H and O–H groups in total. The first-order valence-corrected chi connectivity index (χ1v) is 12.2. The molecule has 0 bridgehead atoms. The largest absolute Gasteiger partial charge is 0.353 e. The second-order valence-corrected chi connectivity index (χ2v) is 10.5. The summed E-state index contributed by atoms with van der Waals surface area (Å²) < 4.78 is 24.6. The second kappa shape index (κ2) is 9.02. The summed E-state index contributed by atoms with van der Waals surface area (Å²) >= 11 is 0. The highest BCUT2D eigenvalue weighted by atomic mass is 32.2. The van der Waals surface area contributed by atoms with Gasteiger partial charge >= 0.3 is 0 Å². The summed E-state index contributed by atoms with van der Waals surface area (Å²) in [5, 5.41) is 3.23. The Balaban J connectivity index is 1.36. The minimum atomic E-state index is -3.12. The fourth-order valence-corrected chi connectivity index (χ4v) is 5.64. The number of rotatable bonds is 5. The molecule has 26 heavy (non-hydrogen) atoms. The third-order valence-corrected chi connectivity index (χ3v) is 7.77. The van der Waals surface area contributed by atoms with Gasteiger partial charge in [-0.3, -0.25) is 4.79 Å². The number of carbonyl (C=O) groups excluding carboxylic acids is 1. The Labute approximate surface area is 158 Å². The first-order chi connectivity index (χ1) is 12.4. The zero-order valence-electron chi connectivity index (χ0n) is 16.2. The normalized spacial score (nSPS) is 26.0. The Morgan fingerprint density at radius 2 is 1.54 bits per heavy atom. The summed E-state index contributed by atoms with van der Waals surface area (Å²) in [5.74, 6) is 0.979. The van der Waals surface area contributed by atoms with Crippen LogP contribution < -0.4 is 5.32 Å². The van der Waals surface area contributed by atoms with E-state index in [-0.39, 0.29) is 17.9 Å². The molecule has 0 aromatic rings. The van der Waals surface area contributed by atoms with Gasteiger partial charge in [0.25, 0.3) is 0 Å². The molecule has 0 atom stereocenters. The molecule has 6 nitrogen and oxygen atoms in total. The number of nitrogens with one attached hydrogen (secondary N) is 1. The van der Waals surface area contributed by atoms with Gasteiger partial charge in [0, 0.05) is 44.7 Å². The van der Waals surface area contributed by atoms with Gasteiger partial charge in [0.05, 0.1) is 6.26 Å². The first kappa shape index (κ1) is 20.1. The topological polar surface area (TPSA) is 69.7 Å². The van der Waals surface area contributed by atoms with Crippen LogP contribution in [-0.2, 0) is 14.8 Å². The van der Waals surface area contributed by atoms with Crippen molar-refractivity contribution in [2.75, 3.05) is 39.0 Å². The Morgan fingerprint density at radius 1 is 0.923 bits per heavy atom. The number of nitrogens with zero attached hydrogens (tertiary/aromatic N) is 2. The van der Waals surface area contributed by atoms with Crippen LogP contribution in [0, 0.1) is 11.8 Å². The summed E-state index contributed by atoms with van der Waals surface area (Å²) in [6, 6.07) is 0.290. The molecule has 3 fully saturated rings. The van der Waals surface area contributed by atoms with Crippen LogP contribution in [-0.4, -0.2) is 68.6 Å². The fraction of sp³-hybridized carbons (Fsp3) is 0.947. The summed E-state index contributed by atoms with van der Waals surface area (Å²) in [7, 11) is -3.12. The van der Waals surface area contributed by atoms with Gasteiger partial charge in [0.2, 0.25) is 15.9 Å². The van der Waals surface area contributed by atoms with E-state index in [2.05, 4.69) is 10.2 Å². The fourth-order valence-electron chi connectivity index (χ4n) is 4.76. The van der Waals surface area contributed by atoms with E-state index in [1.807, 2.05) is 0 Å². The van der Waals surface area contributed by atoms with Crippen LogP contribution in [0.5, 0.6) is 0 Å². The van der Waals surface area contributed by atoms with Gasteiger partial charge < -0.3 is 10.2 Å². The van der Waals surface area contributed by atoms with Crippen LogP contribution in [0.3, 0.4) is 0 Å². The molecular formula is C19H35N3O3S. The maximum Gasteiger partial charge on any atom is 0.223 e. The number of likely N-dealkylation sites (tertiary alicyclic amines) is 1. The standard InChI is InChI=1S/C19H35N3O3S/c1-26(24,25)22-13-7-17(8-14-22)19(23)20-18-9-11-21(12-10-18)15-16-5-3-2-4-6-16/h16-18H,2-15H2,1H3,(H,20,23). The lowest BCUT2D eigenvalue weighted by Gasteiger charge is -2.36. The molecule has 3 aliphatic rings. The van der Waals surface area contributed by atoms with Crippen molar-refractivity contribution in [2.24, 2.45) is 11.8 Å². The van der Waals surface area contributed by atoms with Gasteiger partial charge in [-0.2, -0.15) is 0 Å². The SMILES string of the molecule is CS(=O)(=O)N1CCC(C(=O)NC2CCN(CC3CCCCC3)CC2)CC1. The van der Waals surface area contributed by atoms with E-state index < -0.39 is 10.0 Å². The third-order valence-electron chi connectivity index (χ3n) is 6.47. The van der Waals surface area contributed by atoms with Crippen molar-refractivity contribution in [3.05, 3.63) is 0 Å². The quantitative estimate of drug-likeness (QED) is 0.784. The molecule has 0 spiro atoms. The zero-order chi connectivity index (χ0) is 18.6. The molecule has 7 heteroatoms. The van der Waals surface area contributed by atoms with Crippen molar-refractivity contribution < 1.29 is 13.2 Å². The molecule has 3 rings (SSSR count). The molecular weight excluding hydrogens is 350 g/mol. The van der Waals surface area contributed by atoms with Gasteiger partial charge in [-0.15, -0.1) is 0 Å². The van der Waals surface area contributed by atoms with E-state index in [0.717, 1.165) is 31.8 Å². The molecule has 1 saturated carbocycles.